The van der Waals surface area contributed by atoms with Crippen molar-refractivity contribution in [2.75, 3.05) is 69.2 Å². The van der Waals surface area contributed by atoms with E-state index in [0.717, 1.165) is 45.8 Å². The summed E-state index contributed by atoms with van der Waals surface area (Å²) in [4.78, 5) is 33.3. The highest BCUT2D eigenvalue weighted by Gasteiger charge is 2.23. The van der Waals surface area contributed by atoms with Crippen molar-refractivity contribution in [1.82, 2.24) is 14.4 Å². The van der Waals surface area contributed by atoms with Gasteiger partial charge in [-0.05, 0) is 43.8 Å². The quantitative estimate of drug-likeness (QED) is 0.550. The Kier molecular flexibility index (Phi) is 7.17. The number of aryl methyl sites for hydroxylation is 1. The van der Waals surface area contributed by atoms with Crippen molar-refractivity contribution in [1.29, 1.82) is 0 Å². The zero-order chi connectivity index (χ0) is 26.1. The summed E-state index contributed by atoms with van der Waals surface area (Å²) in [6.45, 7) is 10.4. The highest BCUT2D eigenvalue weighted by molar-refractivity contribution is 5.93. The van der Waals surface area contributed by atoms with Crippen molar-refractivity contribution in [3.05, 3.63) is 69.8 Å². The van der Waals surface area contributed by atoms with Crippen LogP contribution in [-0.4, -0.2) is 84.8 Å². The first-order valence-electron chi connectivity index (χ1n) is 12.9. The number of carboxylic acid groups (broad SMARTS) is 1. The van der Waals surface area contributed by atoms with E-state index in [9.17, 15) is 14.7 Å². The van der Waals surface area contributed by atoms with Crippen molar-refractivity contribution in [3.8, 4) is 0 Å². The van der Waals surface area contributed by atoms with Crippen LogP contribution in [0.2, 0.25) is 0 Å². The maximum Gasteiger partial charge on any atom is 0.341 e. The highest BCUT2D eigenvalue weighted by Crippen LogP contribution is 2.27. The van der Waals surface area contributed by atoms with Gasteiger partial charge >= 0.3 is 5.97 Å². The van der Waals surface area contributed by atoms with Crippen LogP contribution >= 0.6 is 0 Å². The summed E-state index contributed by atoms with van der Waals surface area (Å²) in [6, 6.07) is 11.7. The van der Waals surface area contributed by atoms with Crippen LogP contribution in [0.25, 0.3) is 10.9 Å². The van der Waals surface area contributed by atoms with Crippen LogP contribution in [0.1, 0.15) is 22.8 Å². The molecule has 0 bridgehead atoms. The number of halogens is 1. The molecule has 9 heteroatoms. The predicted octanol–water partition coefficient (Wildman–Crippen LogP) is 2.93. The van der Waals surface area contributed by atoms with Gasteiger partial charge in [0.05, 0.1) is 11.2 Å². The SMILES string of the molecule is CCn1cc(C(=O)O)c(=O)c2cc(F)c(N3CCN(Cc4ccc(N5CCN(C)CC5)cc4)CC3)cc21. The fraction of sp³-hybridized carbons (Fsp3) is 0.429. The van der Waals surface area contributed by atoms with Crippen LogP contribution in [0.3, 0.4) is 0 Å². The lowest BCUT2D eigenvalue weighted by Crippen LogP contribution is -2.46. The van der Waals surface area contributed by atoms with Gasteiger partial charge in [0.1, 0.15) is 11.4 Å². The van der Waals surface area contributed by atoms with E-state index in [1.54, 1.807) is 10.6 Å². The first-order chi connectivity index (χ1) is 17.8. The van der Waals surface area contributed by atoms with E-state index in [2.05, 4.69) is 46.0 Å². The molecule has 37 heavy (non-hydrogen) atoms. The Morgan fingerprint density at radius 3 is 2.22 bits per heavy atom. The average molecular weight is 508 g/mol. The summed E-state index contributed by atoms with van der Waals surface area (Å²) in [5.74, 6) is -1.80. The number of carbonyl (C=O) groups is 1. The second-order valence-corrected chi connectivity index (χ2v) is 10.0. The second kappa shape index (κ2) is 10.5. The van der Waals surface area contributed by atoms with Gasteiger partial charge in [0, 0.05) is 82.7 Å². The van der Waals surface area contributed by atoms with E-state index in [0.29, 0.717) is 30.8 Å². The van der Waals surface area contributed by atoms with Gasteiger partial charge in [0.15, 0.2) is 0 Å². The van der Waals surface area contributed by atoms with Gasteiger partial charge in [0.25, 0.3) is 0 Å². The Morgan fingerprint density at radius 1 is 0.946 bits per heavy atom. The van der Waals surface area contributed by atoms with Crippen molar-refractivity contribution < 1.29 is 14.3 Å². The molecule has 0 amide bonds. The number of carboxylic acids is 1. The minimum Gasteiger partial charge on any atom is -0.477 e. The summed E-state index contributed by atoms with van der Waals surface area (Å²) < 4.78 is 16.9. The third-order valence-corrected chi connectivity index (χ3v) is 7.64. The third-order valence-electron chi connectivity index (χ3n) is 7.64. The number of anilines is 2. The van der Waals surface area contributed by atoms with Gasteiger partial charge in [-0.15, -0.1) is 0 Å². The molecule has 2 fully saturated rings. The molecule has 1 N–H and O–H groups in total. The number of fused-ring (bicyclic) bond motifs is 1. The van der Waals surface area contributed by atoms with Crippen molar-refractivity contribution in [2.24, 2.45) is 0 Å². The van der Waals surface area contributed by atoms with E-state index in [-0.39, 0.29) is 10.9 Å². The van der Waals surface area contributed by atoms with E-state index >= 15 is 4.39 Å². The van der Waals surface area contributed by atoms with E-state index < -0.39 is 17.2 Å². The maximum atomic E-state index is 15.2. The first kappa shape index (κ1) is 25.2. The Balaban J connectivity index is 1.26. The lowest BCUT2D eigenvalue weighted by molar-refractivity contribution is 0.0695. The standard InChI is InChI=1S/C28H34FN5O3/c1-3-32-19-23(28(36)37)27(35)22-16-24(29)26(17-25(22)32)34-14-10-31(11-15-34)18-20-4-6-21(7-5-20)33-12-8-30(2)9-13-33/h4-7,16-17,19H,3,8-15,18H2,1-2H3,(H,36,37). The molecule has 5 rings (SSSR count). The molecule has 0 spiro atoms. The third kappa shape index (κ3) is 5.19. The summed E-state index contributed by atoms with van der Waals surface area (Å²) in [7, 11) is 2.16. The number of rotatable bonds is 6. The summed E-state index contributed by atoms with van der Waals surface area (Å²) in [6.07, 6.45) is 1.35. The van der Waals surface area contributed by atoms with Gasteiger partial charge < -0.3 is 24.4 Å². The van der Waals surface area contributed by atoms with Crippen molar-refractivity contribution in [2.45, 2.75) is 20.0 Å². The molecule has 2 aromatic carbocycles. The normalized spacial score (nSPS) is 17.5. The minimum atomic E-state index is -1.30. The molecule has 1 aromatic heterocycles. The van der Waals surface area contributed by atoms with Crippen LogP contribution in [0.4, 0.5) is 15.8 Å². The largest absolute Gasteiger partial charge is 0.477 e. The molecule has 2 aliphatic heterocycles. The molecule has 3 aromatic rings. The Labute approximate surface area is 216 Å². The number of piperazine rings is 2. The van der Waals surface area contributed by atoms with Gasteiger partial charge in [-0.3, -0.25) is 9.69 Å². The first-order valence-corrected chi connectivity index (χ1v) is 12.9. The molecule has 0 unspecified atom stereocenters. The zero-order valence-corrected chi connectivity index (χ0v) is 21.5. The molecule has 0 saturated carbocycles. The number of aromatic nitrogens is 1. The fourth-order valence-corrected chi connectivity index (χ4v) is 5.34. The van der Waals surface area contributed by atoms with Crippen LogP contribution in [0.5, 0.6) is 0 Å². The van der Waals surface area contributed by atoms with Gasteiger partial charge in [-0.25, -0.2) is 9.18 Å². The number of hydrogen-bond acceptors (Lipinski definition) is 6. The van der Waals surface area contributed by atoms with Gasteiger partial charge in [-0.2, -0.15) is 0 Å². The molecule has 8 nitrogen and oxygen atoms in total. The smallest absolute Gasteiger partial charge is 0.341 e. The van der Waals surface area contributed by atoms with Crippen LogP contribution in [0, 0.1) is 5.82 Å². The van der Waals surface area contributed by atoms with Crippen molar-refractivity contribution >= 4 is 28.2 Å². The van der Waals surface area contributed by atoms with Crippen LogP contribution in [-0.2, 0) is 13.1 Å². The van der Waals surface area contributed by atoms with Gasteiger partial charge in [-0.1, -0.05) is 12.1 Å². The molecular formula is C28H34FN5O3. The molecule has 2 aliphatic rings. The summed E-state index contributed by atoms with van der Waals surface area (Å²) in [5.41, 5.74) is 2.55. The molecule has 0 aliphatic carbocycles. The monoisotopic (exact) mass is 507 g/mol. The molecule has 3 heterocycles. The summed E-state index contributed by atoms with van der Waals surface area (Å²) in [5, 5.41) is 9.46. The second-order valence-electron chi connectivity index (χ2n) is 10.0. The number of aromatic carboxylic acids is 1. The lowest BCUT2D eigenvalue weighted by atomic mass is 10.1. The predicted molar refractivity (Wildman–Crippen MR) is 144 cm³/mol. The highest BCUT2D eigenvalue weighted by atomic mass is 19.1. The number of likely N-dealkylation sites (N-methyl/N-ethyl adjacent to an activating group) is 1. The minimum absolute atomic E-state index is 0.0988. The molecule has 0 radical (unpaired) electrons. The zero-order valence-electron chi connectivity index (χ0n) is 21.5. The van der Waals surface area contributed by atoms with Crippen molar-refractivity contribution in [3.63, 3.8) is 0 Å². The molecule has 196 valence electrons. The number of hydrogen-bond donors (Lipinski definition) is 1. The Morgan fingerprint density at radius 2 is 1.59 bits per heavy atom. The van der Waals surface area contributed by atoms with Gasteiger partial charge in [0.2, 0.25) is 5.43 Å². The molecular weight excluding hydrogens is 473 g/mol. The Bertz CT molecular complexity index is 1340. The average Bonchev–Trinajstić information content (AvgIpc) is 2.90. The van der Waals surface area contributed by atoms with E-state index in [1.165, 1.54) is 23.5 Å². The van der Waals surface area contributed by atoms with E-state index in [1.807, 2.05) is 11.8 Å². The topological polar surface area (TPSA) is 72.3 Å². The number of benzene rings is 2. The molecule has 0 atom stereocenters. The van der Waals surface area contributed by atoms with E-state index in [4.69, 9.17) is 0 Å². The number of pyridine rings is 1. The maximum absolute atomic E-state index is 15.2. The fourth-order valence-electron chi connectivity index (χ4n) is 5.34. The number of nitrogens with zero attached hydrogens (tertiary/aromatic N) is 5. The van der Waals surface area contributed by atoms with Crippen LogP contribution < -0.4 is 15.2 Å². The molecule has 2 saturated heterocycles. The summed E-state index contributed by atoms with van der Waals surface area (Å²) >= 11 is 0. The van der Waals surface area contributed by atoms with Crippen LogP contribution in [0.15, 0.2) is 47.4 Å². The lowest BCUT2D eigenvalue weighted by Gasteiger charge is -2.36. The Hall–Kier alpha value is -3.43.